The highest BCUT2D eigenvalue weighted by atomic mass is 35.5. The Morgan fingerprint density at radius 3 is 2.86 bits per heavy atom. The van der Waals surface area contributed by atoms with Crippen LogP contribution in [-0.2, 0) is 15.9 Å². The summed E-state index contributed by atoms with van der Waals surface area (Å²) >= 11 is 6.31. The molecule has 2 fully saturated rings. The average Bonchev–Trinajstić information content (AvgIpc) is 3.01. The second-order valence-corrected chi connectivity index (χ2v) is 6.02. The molecule has 21 heavy (non-hydrogen) atoms. The Hall–Kier alpha value is -0.810. The van der Waals surface area contributed by atoms with Gasteiger partial charge in [0.05, 0.1) is 23.8 Å². The van der Waals surface area contributed by atoms with Gasteiger partial charge in [-0.2, -0.15) is 0 Å². The fourth-order valence-corrected chi connectivity index (χ4v) is 3.02. The number of halogens is 1. The van der Waals surface area contributed by atoms with Gasteiger partial charge in [-0.05, 0) is 37.0 Å². The monoisotopic (exact) mass is 311 g/mol. The van der Waals surface area contributed by atoms with Crippen molar-refractivity contribution in [3.05, 3.63) is 28.8 Å². The average molecular weight is 312 g/mol. The predicted octanol–water partition coefficient (Wildman–Crippen LogP) is 2.43. The van der Waals surface area contributed by atoms with E-state index in [9.17, 15) is 0 Å². The van der Waals surface area contributed by atoms with E-state index in [1.54, 1.807) is 0 Å². The molecule has 0 saturated carbocycles. The fraction of sp³-hybridized carbons (Fsp3) is 0.625. The first-order valence-electron chi connectivity index (χ1n) is 7.66. The van der Waals surface area contributed by atoms with E-state index in [0.717, 1.165) is 51.3 Å². The maximum Gasteiger partial charge on any atom is 0.138 e. The molecule has 0 radical (unpaired) electrons. The lowest BCUT2D eigenvalue weighted by Crippen LogP contribution is -2.39. The zero-order chi connectivity index (χ0) is 14.5. The van der Waals surface area contributed by atoms with Gasteiger partial charge in [0.25, 0.3) is 0 Å². The Kier molecular flexibility index (Phi) is 5.36. The Labute approximate surface area is 130 Å². The van der Waals surface area contributed by atoms with Crippen molar-refractivity contribution in [2.24, 2.45) is 0 Å². The maximum atomic E-state index is 6.31. The molecule has 0 aliphatic carbocycles. The van der Waals surface area contributed by atoms with Crippen molar-refractivity contribution in [1.29, 1.82) is 0 Å². The minimum Gasteiger partial charge on any atom is -0.489 e. The van der Waals surface area contributed by atoms with Crippen LogP contribution >= 0.6 is 11.6 Å². The molecular formula is C16H22ClNO3. The molecule has 1 N–H and O–H groups in total. The van der Waals surface area contributed by atoms with Crippen molar-refractivity contribution >= 4 is 11.6 Å². The van der Waals surface area contributed by atoms with Crippen LogP contribution in [0, 0.1) is 0 Å². The lowest BCUT2D eigenvalue weighted by Gasteiger charge is -2.23. The van der Waals surface area contributed by atoms with Crippen LogP contribution in [0.25, 0.3) is 0 Å². The molecule has 3 rings (SSSR count). The van der Waals surface area contributed by atoms with Gasteiger partial charge < -0.3 is 19.5 Å². The molecule has 2 aliphatic heterocycles. The molecule has 1 aromatic carbocycles. The minimum absolute atomic E-state index is 0.211. The number of rotatable bonds is 5. The van der Waals surface area contributed by atoms with Crippen molar-refractivity contribution in [2.75, 3.05) is 32.9 Å². The molecule has 116 valence electrons. The summed E-state index contributed by atoms with van der Waals surface area (Å²) in [5.74, 6) is 0.735. The first-order chi connectivity index (χ1) is 10.3. The first kappa shape index (κ1) is 15.1. The zero-order valence-corrected chi connectivity index (χ0v) is 12.9. The highest BCUT2D eigenvalue weighted by molar-refractivity contribution is 6.32. The minimum atomic E-state index is 0.211. The van der Waals surface area contributed by atoms with Gasteiger partial charge in [-0.15, -0.1) is 0 Å². The van der Waals surface area contributed by atoms with E-state index >= 15 is 0 Å². The highest BCUT2D eigenvalue weighted by Crippen LogP contribution is 2.27. The highest BCUT2D eigenvalue weighted by Gasteiger charge is 2.17. The first-order valence-corrected chi connectivity index (χ1v) is 8.04. The largest absolute Gasteiger partial charge is 0.489 e. The smallest absolute Gasteiger partial charge is 0.138 e. The molecule has 2 atom stereocenters. The standard InChI is InChI=1S/C16H22ClNO3/c17-15-9-12(8-14-10-18-5-7-20-14)3-4-16(15)21-11-13-2-1-6-19-13/h3-4,9,13-14,18H,1-2,5-8,10-11H2/t13?,14-/m1/s1. The van der Waals surface area contributed by atoms with Gasteiger partial charge in [-0.1, -0.05) is 17.7 Å². The quantitative estimate of drug-likeness (QED) is 0.906. The summed E-state index contributed by atoms with van der Waals surface area (Å²) in [4.78, 5) is 0. The van der Waals surface area contributed by atoms with Gasteiger partial charge in [-0.3, -0.25) is 0 Å². The van der Waals surface area contributed by atoms with Gasteiger partial charge in [0.1, 0.15) is 12.4 Å². The van der Waals surface area contributed by atoms with Crippen molar-refractivity contribution in [3.8, 4) is 5.75 Å². The molecule has 0 spiro atoms. The van der Waals surface area contributed by atoms with Crippen molar-refractivity contribution in [3.63, 3.8) is 0 Å². The van der Waals surface area contributed by atoms with Gasteiger partial charge in [-0.25, -0.2) is 0 Å². The number of hydrogen-bond acceptors (Lipinski definition) is 4. The third-order valence-corrected chi connectivity index (χ3v) is 4.21. The molecule has 1 aromatic rings. The number of benzene rings is 1. The molecule has 1 unspecified atom stereocenters. The Bertz CT molecular complexity index is 457. The normalized spacial score (nSPS) is 26.0. The van der Waals surface area contributed by atoms with E-state index in [-0.39, 0.29) is 12.2 Å². The molecule has 0 bridgehead atoms. The van der Waals surface area contributed by atoms with Gasteiger partial charge in [0, 0.05) is 19.7 Å². The van der Waals surface area contributed by atoms with Crippen LogP contribution in [0.4, 0.5) is 0 Å². The molecule has 2 aliphatic rings. The molecule has 2 heterocycles. The van der Waals surface area contributed by atoms with E-state index in [1.165, 1.54) is 5.56 Å². The van der Waals surface area contributed by atoms with Crippen molar-refractivity contribution in [1.82, 2.24) is 5.32 Å². The molecule has 0 aromatic heterocycles. The lowest BCUT2D eigenvalue weighted by atomic mass is 10.1. The Morgan fingerprint density at radius 2 is 2.14 bits per heavy atom. The molecule has 5 heteroatoms. The van der Waals surface area contributed by atoms with Crippen LogP contribution < -0.4 is 10.1 Å². The summed E-state index contributed by atoms with van der Waals surface area (Å²) in [5, 5.41) is 4.00. The van der Waals surface area contributed by atoms with E-state index in [1.807, 2.05) is 12.1 Å². The predicted molar refractivity (Wildman–Crippen MR) is 82.2 cm³/mol. The topological polar surface area (TPSA) is 39.7 Å². The van der Waals surface area contributed by atoms with Gasteiger partial charge >= 0.3 is 0 Å². The van der Waals surface area contributed by atoms with Crippen LogP contribution in [0.5, 0.6) is 5.75 Å². The van der Waals surface area contributed by atoms with Crippen molar-refractivity contribution < 1.29 is 14.2 Å². The second kappa shape index (κ2) is 7.45. The van der Waals surface area contributed by atoms with E-state index in [0.29, 0.717) is 11.6 Å². The van der Waals surface area contributed by atoms with Crippen LogP contribution in [-0.4, -0.2) is 45.1 Å². The number of hydrogen-bond donors (Lipinski definition) is 1. The molecule has 4 nitrogen and oxygen atoms in total. The Morgan fingerprint density at radius 1 is 1.24 bits per heavy atom. The van der Waals surface area contributed by atoms with Gasteiger partial charge in [0.15, 0.2) is 0 Å². The van der Waals surface area contributed by atoms with Gasteiger partial charge in [0.2, 0.25) is 0 Å². The summed E-state index contributed by atoms with van der Waals surface area (Å²) < 4.78 is 17.0. The maximum absolute atomic E-state index is 6.31. The van der Waals surface area contributed by atoms with E-state index in [2.05, 4.69) is 11.4 Å². The molecule has 2 saturated heterocycles. The zero-order valence-electron chi connectivity index (χ0n) is 12.1. The molecule has 0 amide bonds. The SMILES string of the molecule is Clc1cc(C[C@@H]2CNCCO2)ccc1OCC1CCCO1. The van der Waals surface area contributed by atoms with Crippen LogP contribution in [0.15, 0.2) is 18.2 Å². The number of ether oxygens (including phenoxy) is 3. The van der Waals surface area contributed by atoms with Crippen LogP contribution in [0.3, 0.4) is 0 Å². The number of nitrogens with one attached hydrogen (secondary N) is 1. The third kappa shape index (κ3) is 4.33. The lowest BCUT2D eigenvalue weighted by molar-refractivity contribution is 0.0292. The summed E-state index contributed by atoms with van der Waals surface area (Å²) in [6, 6.07) is 5.99. The third-order valence-electron chi connectivity index (χ3n) is 3.91. The summed E-state index contributed by atoms with van der Waals surface area (Å²) in [6.07, 6.45) is 3.51. The molecular weight excluding hydrogens is 290 g/mol. The van der Waals surface area contributed by atoms with E-state index < -0.39 is 0 Å². The summed E-state index contributed by atoms with van der Waals surface area (Å²) in [7, 11) is 0. The number of morpholine rings is 1. The second-order valence-electron chi connectivity index (χ2n) is 5.61. The fourth-order valence-electron chi connectivity index (χ4n) is 2.76. The van der Waals surface area contributed by atoms with Crippen LogP contribution in [0.1, 0.15) is 18.4 Å². The van der Waals surface area contributed by atoms with Crippen LogP contribution in [0.2, 0.25) is 5.02 Å². The van der Waals surface area contributed by atoms with E-state index in [4.69, 9.17) is 25.8 Å². The summed E-state index contributed by atoms with van der Waals surface area (Å²) in [6.45, 7) is 4.04. The Balaban J connectivity index is 1.54. The summed E-state index contributed by atoms with van der Waals surface area (Å²) in [5.41, 5.74) is 1.18. The van der Waals surface area contributed by atoms with Crippen molar-refractivity contribution in [2.45, 2.75) is 31.5 Å².